The van der Waals surface area contributed by atoms with Crippen molar-refractivity contribution in [1.29, 1.82) is 0 Å². The van der Waals surface area contributed by atoms with Gasteiger partial charge in [-0.15, -0.1) is 11.3 Å². The molecule has 27 heavy (non-hydrogen) atoms. The van der Waals surface area contributed by atoms with Gasteiger partial charge in [0, 0.05) is 4.88 Å². The third-order valence-corrected chi connectivity index (χ3v) is 7.18. The van der Waals surface area contributed by atoms with Crippen LogP contribution in [0.1, 0.15) is 61.7 Å². The van der Waals surface area contributed by atoms with Gasteiger partial charge in [0.05, 0.1) is 17.4 Å². The molecule has 146 valence electrons. The zero-order chi connectivity index (χ0) is 20.0. The number of primary amides is 1. The number of carbonyl (C=O) groups excluding carboxylic acids is 2. The van der Waals surface area contributed by atoms with E-state index in [1.807, 2.05) is 27.7 Å². The average molecular weight is 391 g/mol. The van der Waals surface area contributed by atoms with Gasteiger partial charge in [-0.1, -0.05) is 25.0 Å². The second-order valence-corrected chi connectivity index (χ2v) is 9.12. The lowest BCUT2D eigenvalue weighted by Gasteiger charge is -2.26. The van der Waals surface area contributed by atoms with Crippen LogP contribution in [0.25, 0.3) is 0 Å². The first-order valence-electron chi connectivity index (χ1n) is 9.27. The fourth-order valence-electron chi connectivity index (χ4n) is 4.77. The lowest BCUT2D eigenvalue weighted by atomic mass is 9.79. The molecule has 2 aliphatic carbocycles. The first kappa shape index (κ1) is 19.6. The highest BCUT2D eigenvalue weighted by molar-refractivity contribution is 7.16. The molecule has 2 saturated carbocycles. The summed E-state index contributed by atoms with van der Waals surface area (Å²) in [6.45, 7) is 7.97. The number of nitrogens with one attached hydrogen (secondary N) is 1. The molecular weight excluding hydrogens is 364 g/mol. The van der Waals surface area contributed by atoms with E-state index >= 15 is 0 Å². The van der Waals surface area contributed by atoms with Crippen LogP contribution in [-0.2, 0) is 9.59 Å². The van der Waals surface area contributed by atoms with E-state index in [-0.39, 0.29) is 29.2 Å². The largest absolute Gasteiger partial charge is 0.481 e. The molecule has 0 unspecified atom stereocenters. The Kier molecular flexibility index (Phi) is 5.16. The minimum absolute atomic E-state index is 0.0392. The molecule has 2 amide bonds. The van der Waals surface area contributed by atoms with Crippen molar-refractivity contribution in [2.45, 2.75) is 46.5 Å². The minimum atomic E-state index is -0.926. The van der Waals surface area contributed by atoms with E-state index in [0.29, 0.717) is 5.00 Å². The zero-order valence-electron chi connectivity index (χ0n) is 16.0. The summed E-state index contributed by atoms with van der Waals surface area (Å²) in [5.74, 6) is -3.09. The summed E-state index contributed by atoms with van der Waals surface area (Å²) in [6, 6.07) is 1.71. The van der Waals surface area contributed by atoms with Crippen molar-refractivity contribution in [2.24, 2.45) is 29.4 Å². The maximum atomic E-state index is 13.1. The van der Waals surface area contributed by atoms with Crippen molar-refractivity contribution in [1.82, 2.24) is 0 Å². The highest BCUT2D eigenvalue weighted by Gasteiger charge is 2.57. The Morgan fingerprint density at radius 3 is 2.26 bits per heavy atom. The molecule has 4 N–H and O–H groups in total. The van der Waals surface area contributed by atoms with Crippen LogP contribution in [0.3, 0.4) is 0 Å². The number of nitrogens with two attached hydrogens (primary N) is 1. The van der Waals surface area contributed by atoms with E-state index < -0.39 is 23.7 Å². The number of carboxylic acid groups (broad SMARTS) is 1. The summed E-state index contributed by atoms with van der Waals surface area (Å²) < 4.78 is 0. The first-order chi connectivity index (χ1) is 12.6. The third kappa shape index (κ3) is 3.29. The fraction of sp³-hybridized carbons (Fsp3) is 0.550. The maximum absolute atomic E-state index is 13.1. The molecule has 0 saturated heterocycles. The van der Waals surface area contributed by atoms with E-state index in [0.717, 1.165) is 28.9 Å². The molecule has 7 heteroatoms. The zero-order valence-corrected chi connectivity index (χ0v) is 16.9. The monoisotopic (exact) mass is 390 g/mol. The van der Waals surface area contributed by atoms with Gasteiger partial charge in [0.25, 0.3) is 5.91 Å². The maximum Gasteiger partial charge on any atom is 0.307 e. The van der Waals surface area contributed by atoms with Crippen LogP contribution >= 0.6 is 11.3 Å². The molecule has 0 aromatic carbocycles. The molecule has 2 bridgehead atoms. The summed E-state index contributed by atoms with van der Waals surface area (Å²) in [5.41, 5.74) is 8.00. The number of hydrogen-bond donors (Lipinski definition) is 3. The first-order valence-corrected chi connectivity index (χ1v) is 10.1. The standard InChI is InChI=1S/C20H26N2O4S/c1-8(2)13-7-12(17(21)23)19(27-13)22-18(24)15-10-5-6-11(14(10)9(3)4)16(15)20(25)26/h7-8,10-11,15-16H,5-6H2,1-4H3,(H2,21,23)(H,22,24)(H,25,26)/t10-,11+,15-,16-/m1/s1. The van der Waals surface area contributed by atoms with Gasteiger partial charge in [-0.25, -0.2) is 0 Å². The highest BCUT2D eigenvalue weighted by atomic mass is 32.1. The number of carbonyl (C=O) groups is 3. The quantitative estimate of drug-likeness (QED) is 0.667. The number of amides is 2. The Balaban J connectivity index is 1.93. The van der Waals surface area contributed by atoms with Crippen LogP contribution in [0.4, 0.5) is 5.00 Å². The van der Waals surface area contributed by atoms with Gasteiger partial charge in [-0.3, -0.25) is 14.4 Å². The molecule has 0 spiro atoms. The minimum Gasteiger partial charge on any atom is -0.481 e. The molecule has 2 fully saturated rings. The van der Waals surface area contributed by atoms with Crippen molar-refractivity contribution in [3.8, 4) is 0 Å². The van der Waals surface area contributed by atoms with Gasteiger partial charge in [0.2, 0.25) is 5.91 Å². The molecule has 2 aliphatic rings. The molecule has 6 nitrogen and oxygen atoms in total. The van der Waals surface area contributed by atoms with Crippen molar-refractivity contribution in [3.63, 3.8) is 0 Å². The molecule has 3 rings (SSSR count). The van der Waals surface area contributed by atoms with Crippen molar-refractivity contribution in [2.75, 3.05) is 5.32 Å². The number of rotatable bonds is 5. The number of hydrogen-bond acceptors (Lipinski definition) is 4. The topological polar surface area (TPSA) is 109 Å². The Morgan fingerprint density at radius 2 is 1.78 bits per heavy atom. The molecule has 4 atom stereocenters. The van der Waals surface area contributed by atoms with Crippen molar-refractivity contribution < 1.29 is 19.5 Å². The second-order valence-electron chi connectivity index (χ2n) is 8.04. The molecule has 1 heterocycles. The van der Waals surface area contributed by atoms with Crippen molar-refractivity contribution >= 4 is 34.1 Å². The number of fused-ring (bicyclic) bond motifs is 2. The predicted octanol–water partition coefficient (Wildman–Crippen LogP) is 3.60. The smallest absolute Gasteiger partial charge is 0.307 e. The summed E-state index contributed by atoms with van der Waals surface area (Å²) in [6.07, 6.45) is 1.65. The van der Waals surface area contributed by atoms with Crippen molar-refractivity contribution in [3.05, 3.63) is 27.7 Å². The highest BCUT2D eigenvalue weighted by Crippen LogP contribution is 2.57. The number of thiophene rings is 1. The van der Waals surface area contributed by atoms with Gasteiger partial charge >= 0.3 is 5.97 Å². The summed E-state index contributed by atoms with van der Waals surface area (Å²) in [5, 5.41) is 13.0. The lowest BCUT2D eigenvalue weighted by molar-refractivity contribution is -0.148. The van der Waals surface area contributed by atoms with E-state index in [2.05, 4.69) is 5.32 Å². The van der Waals surface area contributed by atoms with Crippen LogP contribution in [0, 0.1) is 23.7 Å². The van der Waals surface area contributed by atoms with Gasteiger partial charge in [-0.05, 0) is 50.5 Å². The molecular formula is C20H26N2O4S. The number of allylic oxidation sites excluding steroid dienone is 2. The Morgan fingerprint density at radius 1 is 1.19 bits per heavy atom. The van der Waals surface area contributed by atoms with Crippen LogP contribution in [0.5, 0.6) is 0 Å². The molecule has 0 radical (unpaired) electrons. The average Bonchev–Trinajstić information content (AvgIpc) is 3.24. The van der Waals surface area contributed by atoms with E-state index in [4.69, 9.17) is 5.73 Å². The van der Waals surface area contributed by atoms with Gasteiger partial charge in [-0.2, -0.15) is 0 Å². The Labute approximate surface area is 162 Å². The van der Waals surface area contributed by atoms with Crippen LogP contribution in [0.15, 0.2) is 17.2 Å². The number of aliphatic carboxylic acids is 1. The third-order valence-electron chi connectivity index (χ3n) is 5.83. The molecule has 1 aromatic heterocycles. The van der Waals surface area contributed by atoms with Gasteiger partial charge in [0.1, 0.15) is 5.00 Å². The summed E-state index contributed by atoms with van der Waals surface area (Å²) in [4.78, 5) is 37.7. The number of carboxylic acids is 1. The lowest BCUT2D eigenvalue weighted by Crippen LogP contribution is -2.38. The predicted molar refractivity (Wildman–Crippen MR) is 105 cm³/mol. The van der Waals surface area contributed by atoms with E-state index in [1.165, 1.54) is 11.3 Å². The summed E-state index contributed by atoms with van der Waals surface area (Å²) in [7, 11) is 0. The fourth-order valence-corrected chi connectivity index (χ4v) is 5.84. The SMILES string of the molecule is CC(C)=C1[C@H]2CC[C@@H]1[C@@H](C(=O)O)[C@@H]2C(=O)Nc1sc(C(C)C)cc1C(N)=O. The van der Waals surface area contributed by atoms with E-state index in [9.17, 15) is 19.5 Å². The van der Waals surface area contributed by atoms with Gasteiger partial charge in [0.15, 0.2) is 0 Å². The Hall–Kier alpha value is -2.15. The molecule has 1 aromatic rings. The van der Waals surface area contributed by atoms with E-state index in [1.54, 1.807) is 6.07 Å². The molecule has 0 aliphatic heterocycles. The normalized spacial score (nSPS) is 26.5. The van der Waals surface area contributed by atoms with Crippen LogP contribution in [-0.4, -0.2) is 22.9 Å². The van der Waals surface area contributed by atoms with Crippen LogP contribution < -0.4 is 11.1 Å². The Bertz CT molecular complexity index is 835. The number of anilines is 1. The second kappa shape index (κ2) is 7.11. The summed E-state index contributed by atoms with van der Waals surface area (Å²) >= 11 is 1.33. The van der Waals surface area contributed by atoms with Crippen LogP contribution in [0.2, 0.25) is 0 Å². The van der Waals surface area contributed by atoms with Gasteiger partial charge < -0.3 is 16.2 Å².